The summed E-state index contributed by atoms with van der Waals surface area (Å²) in [7, 11) is 0. The number of aliphatic hydroxyl groups excluding tert-OH is 1. The van der Waals surface area contributed by atoms with Crippen LogP contribution in [-0.2, 0) is 0 Å². The molecule has 5 atom stereocenters. The van der Waals surface area contributed by atoms with Crippen LogP contribution in [0.1, 0.15) is 65.2 Å². The normalized spacial score (nSPS) is 43.6. The van der Waals surface area contributed by atoms with Gasteiger partial charge in [-0.15, -0.1) is 0 Å². The molecule has 2 heteroatoms. The van der Waals surface area contributed by atoms with Crippen LogP contribution in [-0.4, -0.2) is 23.3 Å². The molecule has 1 heterocycles. The van der Waals surface area contributed by atoms with Gasteiger partial charge in [-0.2, -0.15) is 0 Å². The SMILES string of the molecule is CCCC1CCC(O)C(C2CCCC(C)N2)C1. The van der Waals surface area contributed by atoms with Crippen molar-refractivity contribution >= 4 is 0 Å². The fourth-order valence-electron chi connectivity index (χ4n) is 3.90. The van der Waals surface area contributed by atoms with E-state index in [-0.39, 0.29) is 6.10 Å². The average Bonchev–Trinajstić information content (AvgIpc) is 2.32. The molecule has 1 aliphatic carbocycles. The maximum atomic E-state index is 10.3. The number of aliphatic hydroxyl groups is 1. The van der Waals surface area contributed by atoms with E-state index in [1.165, 1.54) is 44.9 Å². The van der Waals surface area contributed by atoms with E-state index in [0.717, 1.165) is 12.3 Å². The van der Waals surface area contributed by atoms with Gasteiger partial charge in [-0.25, -0.2) is 0 Å². The molecular formula is C15H29NO. The number of hydrogen-bond donors (Lipinski definition) is 2. The van der Waals surface area contributed by atoms with E-state index >= 15 is 0 Å². The van der Waals surface area contributed by atoms with Gasteiger partial charge >= 0.3 is 0 Å². The van der Waals surface area contributed by atoms with E-state index < -0.39 is 0 Å². The van der Waals surface area contributed by atoms with Gasteiger partial charge in [0.2, 0.25) is 0 Å². The van der Waals surface area contributed by atoms with Crippen molar-refractivity contribution in [3.8, 4) is 0 Å². The third-order valence-electron chi connectivity index (χ3n) is 4.84. The molecule has 17 heavy (non-hydrogen) atoms. The fourth-order valence-corrected chi connectivity index (χ4v) is 3.90. The second-order valence-corrected chi connectivity index (χ2v) is 6.30. The van der Waals surface area contributed by atoms with E-state index in [0.29, 0.717) is 18.0 Å². The molecule has 0 radical (unpaired) electrons. The Morgan fingerprint density at radius 3 is 2.71 bits per heavy atom. The summed E-state index contributed by atoms with van der Waals surface area (Å²) in [4.78, 5) is 0. The summed E-state index contributed by atoms with van der Waals surface area (Å²) in [6, 6.07) is 1.22. The minimum absolute atomic E-state index is 0.0501. The Labute approximate surface area is 106 Å². The Morgan fingerprint density at radius 2 is 2.00 bits per heavy atom. The van der Waals surface area contributed by atoms with Crippen LogP contribution in [0.5, 0.6) is 0 Å². The summed E-state index contributed by atoms with van der Waals surface area (Å²) in [5, 5.41) is 14.0. The Hall–Kier alpha value is -0.0800. The summed E-state index contributed by atoms with van der Waals surface area (Å²) in [5.74, 6) is 1.38. The molecule has 1 saturated carbocycles. The first-order valence-corrected chi connectivity index (χ1v) is 7.64. The number of rotatable bonds is 3. The minimum Gasteiger partial charge on any atom is -0.393 e. The second kappa shape index (κ2) is 6.19. The molecule has 0 spiro atoms. The topological polar surface area (TPSA) is 32.3 Å². The lowest BCUT2D eigenvalue weighted by molar-refractivity contribution is 0.0173. The molecule has 2 N–H and O–H groups in total. The molecule has 0 bridgehead atoms. The van der Waals surface area contributed by atoms with Crippen LogP contribution < -0.4 is 5.32 Å². The van der Waals surface area contributed by atoms with Gasteiger partial charge < -0.3 is 10.4 Å². The number of nitrogens with one attached hydrogen (secondary N) is 1. The van der Waals surface area contributed by atoms with Crippen molar-refractivity contribution in [2.24, 2.45) is 11.8 Å². The molecule has 5 unspecified atom stereocenters. The van der Waals surface area contributed by atoms with Crippen molar-refractivity contribution < 1.29 is 5.11 Å². The molecular weight excluding hydrogens is 210 g/mol. The highest BCUT2D eigenvalue weighted by atomic mass is 16.3. The van der Waals surface area contributed by atoms with Crippen LogP contribution >= 0.6 is 0 Å². The lowest BCUT2D eigenvalue weighted by Crippen LogP contribution is -2.50. The lowest BCUT2D eigenvalue weighted by atomic mass is 9.72. The maximum Gasteiger partial charge on any atom is 0.0583 e. The van der Waals surface area contributed by atoms with E-state index in [2.05, 4.69) is 19.2 Å². The monoisotopic (exact) mass is 239 g/mol. The van der Waals surface area contributed by atoms with Crippen LogP contribution in [0, 0.1) is 11.8 Å². The predicted molar refractivity (Wildman–Crippen MR) is 72.0 cm³/mol. The number of piperidine rings is 1. The fraction of sp³-hybridized carbons (Fsp3) is 1.00. The van der Waals surface area contributed by atoms with Gasteiger partial charge in [0.25, 0.3) is 0 Å². The second-order valence-electron chi connectivity index (χ2n) is 6.30. The van der Waals surface area contributed by atoms with Gasteiger partial charge in [0.1, 0.15) is 0 Å². The van der Waals surface area contributed by atoms with Crippen molar-refractivity contribution in [1.82, 2.24) is 5.32 Å². The Morgan fingerprint density at radius 1 is 1.18 bits per heavy atom. The van der Waals surface area contributed by atoms with Gasteiger partial charge in [0.15, 0.2) is 0 Å². The first-order chi connectivity index (χ1) is 8.20. The molecule has 2 fully saturated rings. The molecule has 100 valence electrons. The predicted octanol–water partition coefficient (Wildman–Crippen LogP) is 3.09. The summed E-state index contributed by atoms with van der Waals surface area (Å²) in [5.41, 5.74) is 0. The van der Waals surface area contributed by atoms with Crippen molar-refractivity contribution in [1.29, 1.82) is 0 Å². The Balaban J connectivity index is 1.92. The first-order valence-electron chi connectivity index (χ1n) is 7.64. The van der Waals surface area contributed by atoms with E-state index in [9.17, 15) is 5.11 Å². The third-order valence-corrected chi connectivity index (χ3v) is 4.84. The maximum absolute atomic E-state index is 10.3. The van der Waals surface area contributed by atoms with E-state index in [4.69, 9.17) is 0 Å². The van der Waals surface area contributed by atoms with Crippen molar-refractivity contribution in [2.75, 3.05) is 0 Å². The quantitative estimate of drug-likeness (QED) is 0.793. The number of hydrogen-bond acceptors (Lipinski definition) is 2. The van der Waals surface area contributed by atoms with Gasteiger partial charge in [0.05, 0.1) is 6.10 Å². The zero-order valence-corrected chi connectivity index (χ0v) is 11.5. The molecule has 0 aromatic carbocycles. The summed E-state index contributed by atoms with van der Waals surface area (Å²) >= 11 is 0. The highest BCUT2D eigenvalue weighted by Crippen LogP contribution is 2.36. The Bertz CT molecular complexity index is 231. The minimum atomic E-state index is -0.0501. The van der Waals surface area contributed by atoms with Crippen molar-refractivity contribution in [3.05, 3.63) is 0 Å². The van der Waals surface area contributed by atoms with Crippen molar-refractivity contribution in [2.45, 2.75) is 83.4 Å². The molecule has 2 aliphatic rings. The molecule has 2 rings (SSSR count). The molecule has 2 nitrogen and oxygen atoms in total. The van der Waals surface area contributed by atoms with Gasteiger partial charge in [-0.1, -0.05) is 26.2 Å². The molecule has 0 aromatic heterocycles. The molecule has 0 amide bonds. The molecule has 1 saturated heterocycles. The summed E-state index contributed by atoms with van der Waals surface area (Å²) < 4.78 is 0. The first kappa shape index (κ1) is 13.4. The highest BCUT2D eigenvalue weighted by molar-refractivity contribution is 4.91. The standard InChI is InChI=1S/C15H29NO/c1-3-5-12-8-9-15(17)13(10-12)14-7-4-6-11(2)16-14/h11-17H,3-10H2,1-2H3. The van der Waals surface area contributed by atoms with Crippen LogP contribution in [0.4, 0.5) is 0 Å². The zero-order chi connectivity index (χ0) is 12.3. The summed E-state index contributed by atoms with van der Waals surface area (Å²) in [6.45, 7) is 4.56. The smallest absolute Gasteiger partial charge is 0.0583 e. The average molecular weight is 239 g/mol. The van der Waals surface area contributed by atoms with Crippen LogP contribution in [0.15, 0.2) is 0 Å². The van der Waals surface area contributed by atoms with E-state index in [1.54, 1.807) is 0 Å². The van der Waals surface area contributed by atoms with Crippen LogP contribution in [0.2, 0.25) is 0 Å². The Kier molecular flexibility index (Phi) is 4.87. The van der Waals surface area contributed by atoms with Crippen molar-refractivity contribution in [3.63, 3.8) is 0 Å². The lowest BCUT2D eigenvalue weighted by Gasteiger charge is -2.41. The highest BCUT2D eigenvalue weighted by Gasteiger charge is 2.35. The largest absolute Gasteiger partial charge is 0.393 e. The van der Waals surface area contributed by atoms with Crippen LogP contribution in [0.3, 0.4) is 0 Å². The van der Waals surface area contributed by atoms with Gasteiger partial charge in [0, 0.05) is 18.0 Å². The zero-order valence-electron chi connectivity index (χ0n) is 11.5. The third kappa shape index (κ3) is 3.45. The van der Waals surface area contributed by atoms with Gasteiger partial charge in [-0.05, 0) is 44.9 Å². The van der Waals surface area contributed by atoms with E-state index in [1.807, 2.05) is 0 Å². The van der Waals surface area contributed by atoms with Gasteiger partial charge in [-0.3, -0.25) is 0 Å². The van der Waals surface area contributed by atoms with Crippen LogP contribution in [0.25, 0.3) is 0 Å². The molecule has 0 aromatic rings. The molecule has 1 aliphatic heterocycles. The summed E-state index contributed by atoms with van der Waals surface area (Å²) in [6.07, 6.45) is 10.0.